The van der Waals surface area contributed by atoms with Gasteiger partial charge in [-0.2, -0.15) is 13.5 Å². The van der Waals surface area contributed by atoms with Crippen LogP contribution in [0.15, 0.2) is 12.2 Å². The summed E-state index contributed by atoms with van der Waals surface area (Å²) in [5.74, 6) is -0.337. The molecular formula is C7H12O3S. The molecule has 0 radical (unpaired) electrons. The topological polar surface area (TPSA) is 38.8 Å². The van der Waals surface area contributed by atoms with E-state index in [1.54, 1.807) is 6.92 Å². The fourth-order valence-corrected chi connectivity index (χ4v) is 0.456. The van der Waals surface area contributed by atoms with Crippen molar-refractivity contribution >= 4 is 19.5 Å². The third-order valence-electron chi connectivity index (χ3n) is 1.15. The molecule has 4 heteroatoms. The summed E-state index contributed by atoms with van der Waals surface area (Å²) in [6.07, 6.45) is 0.142. The minimum absolute atomic E-state index is 0. The van der Waals surface area contributed by atoms with E-state index in [1.807, 2.05) is 0 Å². The van der Waals surface area contributed by atoms with Crippen molar-refractivity contribution in [3.05, 3.63) is 12.2 Å². The van der Waals surface area contributed by atoms with E-state index >= 15 is 0 Å². The van der Waals surface area contributed by atoms with Gasteiger partial charge < -0.3 is 9.47 Å². The summed E-state index contributed by atoms with van der Waals surface area (Å²) >= 11 is 0. The lowest BCUT2D eigenvalue weighted by Crippen LogP contribution is -2.09. The first-order chi connectivity index (χ1) is 4.70. The highest BCUT2D eigenvalue weighted by atomic mass is 32.1. The highest BCUT2D eigenvalue weighted by molar-refractivity contribution is 7.59. The smallest absolute Gasteiger partial charge is 0.333 e. The highest BCUT2D eigenvalue weighted by Gasteiger charge is 2.24. The summed E-state index contributed by atoms with van der Waals surface area (Å²) in [4.78, 5) is 10.7. The zero-order valence-electron chi connectivity index (χ0n) is 6.42. The van der Waals surface area contributed by atoms with E-state index in [2.05, 4.69) is 6.58 Å². The zero-order valence-corrected chi connectivity index (χ0v) is 7.42. The van der Waals surface area contributed by atoms with Gasteiger partial charge in [-0.15, -0.1) is 0 Å². The molecule has 0 spiro atoms. The Morgan fingerprint density at radius 2 is 2.36 bits per heavy atom. The van der Waals surface area contributed by atoms with Crippen LogP contribution in [0.25, 0.3) is 0 Å². The van der Waals surface area contributed by atoms with Crippen molar-refractivity contribution in [3.8, 4) is 0 Å². The lowest BCUT2D eigenvalue weighted by atomic mass is 10.4. The molecule has 0 N–H and O–H groups in total. The normalized spacial score (nSPS) is 19.9. The number of carbonyl (C=O) groups excluding carboxylic acids is 1. The van der Waals surface area contributed by atoms with Crippen LogP contribution in [0.5, 0.6) is 0 Å². The Balaban J connectivity index is 0.000001000. The summed E-state index contributed by atoms with van der Waals surface area (Å²) in [6.45, 7) is 6.14. The first-order valence-electron chi connectivity index (χ1n) is 3.14. The van der Waals surface area contributed by atoms with Crippen molar-refractivity contribution in [1.82, 2.24) is 0 Å². The van der Waals surface area contributed by atoms with E-state index in [4.69, 9.17) is 9.47 Å². The van der Waals surface area contributed by atoms with E-state index in [0.717, 1.165) is 0 Å². The molecule has 64 valence electrons. The first-order valence-corrected chi connectivity index (χ1v) is 3.14. The molecule has 1 fully saturated rings. The van der Waals surface area contributed by atoms with Gasteiger partial charge in [0, 0.05) is 5.57 Å². The summed E-state index contributed by atoms with van der Waals surface area (Å²) in [5, 5.41) is 0. The molecule has 11 heavy (non-hydrogen) atoms. The number of ether oxygens (including phenoxy) is 2. The Labute approximate surface area is 72.8 Å². The lowest BCUT2D eigenvalue weighted by molar-refractivity contribution is -0.139. The van der Waals surface area contributed by atoms with Crippen LogP contribution < -0.4 is 0 Å². The van der Waals surface area contributed by atoms with Gasteiger partial charge in [-0.1, -0.05) is 6.58 Å². The third-order valence-corrected chi connectivity index (χ3v) is 1.15. The fourth-order valence-electron chi connectivity index (χ4n) is 0.456. The third kappa shape index (κ3) is 4.06. The van der Waals surface area contributed by atoms with Crippen LogP contribution in [0.2, 0.25) is 0 Å². The fraction of sp³-hybridized carbons (Fsp3) is 0.571. The molecule has 0 bridgehead atoms. The van der Waals surface area contributed by atoms with Crippen LogP contribution in [-0.2, 0) is 14.3 Å². The Hall–Kier alpha value is -0.480. The van der Waals surface area contributed by atoms with Crippen LogP contribution in [0.4, 0.5) is 0 Å². The maximum atomic E-state index is 10.7. The second-order valence-corrected chi connectivity index (χ2v) is 2.33. The molecule has 1 aliphatic heterocycles. The lowest BCUT2D eigenvalue weighted by Gasteiger charge is -1.99. The van der Waals surface area contributed by atoms with Crippen LogP contribution in [0.1, 0.15) is 6.92 Å². The second-order valence-electron chi connectivity index (χ2n) is 2.33. The van der Waals surface area contributed by atoms with Gasteiger partial charge in [0.1, 0.15) is 12.7 Å². The molecule has 1 aliphatic rings. The molecule has 0 aromatic heterocycles. The quantitative estimate of drug-likeness (QED) is 0.359. The van der Waals surface area contributed by atoms with E-state index < -0.39 is 0 Å². The number of rotatable bonds is 3. The molecule has 1 heterocycles. The Morgan fingerprint density at radius 3 is 2.73 bits per heavy atom. The average molecular weight is 176 g/mol. The van der Waals surface area contributed by atoms with Gasteiger partial charge in [-0.25, -0.2) is 4.79 Å². The SMILES string of the molecule is C=C(C)C(=O)OCC1CO1.S. The van der Waals surface area contributed by atoms with Gasteiger partial charge in [-0.3, -0.25) is 0 Å². The van der Waals surface area contributed by atoms with Crippen LogP contribution in [-0.4, -0.2) is 25.3 Å². The maximum absolute atomic E-state index is 10.7. The zero-order chi connectivity index (χ0) is 7.56. The van der Waals surface area contributed by atoms with Crippen LogP contribution in [0, 0.1) is 0 Å². The molecule has 0 aliphatic carbocycles. The van der Waals surface area contributed by atoms with Gasteiger partial charge in [0.15, 0.2) is 0 Å². The standard InChI is InChI=1S/C7H10O3.H2S/c1-5(2)7(8)10-4-6-3-9-6;/h6H,1,3-4H2,2H3;1H2. The van der Waals surface area contributed by atoms with Gasteiger partial charge in [0.25, 0.3) is 0 Å². The number of hydrogen-bond donors (Lipinski definition) is 0. The van der Waals surface area contributed by atoms with E-state index in [1.165, 1.54) is 0 Å². The van der Waals surface area contributed by atoms with E-state index in [9.17, 15) is 4.79 Å². The molecular weight excluding hydrogens is 164 g/mol. The van der Waals surface area contributed by atoms with Crippen molar-refractivity contribution in [3.63, 3.8) is 0 Å². The summed E-state index contributed by atoms with van der Waals surface area (Å²) < 4.78 is 9.60. The maximum Gasteiger partial charge on any atom is 0.333 e. The van der Waals surface area contributed by atoms with Crippen LogP contribution >= 0.6 is 13.5 Å². The number of hydrogen-bond acceptors (Lipinski definition) is 3. The molecule has 0 aromatic rings. The van der Waals surface area contributed by atoms with Crippen molar-refractivity contribution in [2.45, 2.75) is 13.0 Å². The molecule has 1 unspecified atom stereocenters. The molecule has 3 nitrogen and oxygen atoms in total. The van der Waals surface area contributed by atoms with Gasteiger partial charge in [0.05, 0.1) is 6.61 Å². The minimum atomic E-state index is -0.337. The Kier molecular flexibility index (Phi) is 4.22. The number of epoxide rings is 1. The van der Waals surface area contributed by atoms with Crippen molar-refractivity contribution in [2.75, 3.05) is 13.2 Å². The van der Waals surface area contributed by atoms with Gasteiger partial charge in [0.2, 0.25) is 0 Å². The van der Waals surface area contributed by atoms with Crippen molar-refractivity contribution in [2.24, 2.45) is 0 Å². The van der Waals surface area contributed by atoms with E-state index in [0.29, 0.717) is 18.8 Å². The summed E-state index contributed by atoms with van der Waals surface area (Å²) in [5.41, 5.74) is 0.431. The Morgan fingerprint density at radius 1 is 1.82 bits per heavy atom. The molecule has 1 saturated heterocycles. The predicted molar refractivity (Wildman–Crippen MR) is 45.9 cm³/mol. The van der Waals surface area contributed by atoms with Crippen molar-refractivity contribution < 1.29 is 14.3 Å². The number of carbonyl (C=O) groups is 1. The molecule has 1 atom stereocenters. The van der Waals surface area contributed by atoms with Crippen molar-refractivity contribution in [1.29, 1.82) is 0 Å². The molecule has 0 amide bonds. The van der Waals surface area contributed by atoms with Crippen LogP contribution in [0.3, 0.4) is 0 Å². The minimum Gasteiger partial charge on any atom is -0.459 e. The number of esters is 1. The predicted octanol–water partition coefficient (Wildman–Crippen LogP) is 0.617. The monoisotopic (exact) mass is 176 g/mol. The van der Waals surface area contributed by atoms with Gasteiger partial charge >= 0.3 is 5.97 Å². The summed E-state index contributed by atoms with van der Waals surface area (Å²) in [6, 6.07) is 0. The second kappa shape index (κ2) is 4.41. The van der Waals surface area contributed by atoms with E-state index in [-0.39, 0.29) is 25.6 Å². The molecule has 0 aromatic carbocycles. The Bertz CT molecular complexity index is 163. The first kappa shape index (κ1) is 10.5. The summed E-state index contributed by atoms with van der Waals surface area (Å²) in [7, 11) is 0. The highest BCUT2D eigenvalue weighted by Crippen LogP contribution is 2.09. The molecule has 0 saturated carbocycles. The largest absolute Gasteiger partial charge is 0.459 e. The van der Waals surface area contributed by atoms with Gasteiger partial charge in [-0.05, 0) is 6.92 Å². The molecule has 1 rings (SSSR count). The average Bonchev–Trinajstić information content (AvgIpc) is 2.64.